The summed E-state index contributed by atoms with van der Waals surface area (Å²) in [7, 11) is 0. The number of nitrogens with one attached hydrogen (secondary N) is 1. The van der Waals surface area contributed by atoms with E-state index in [9.17, 15) is 26.3 Å². The second kappa shape index (κ2) is 9.16. The second-order valence-electron chi connectivity index (χ2n) is 6.64. The summed E-state index contributed by atoms with van der Waals surface area (Å²) < 4.78 is 88.4. The van der Waals surface area contributed by atoms with E-state index in [4.69, 9.17) is 9.47 Å². The molecule has 166 valence electrons. The van der Waals surface area contributed by atoms with E-state index in [0.717, 1.165) is 19.3 Å². The standard InChI is InChI=1S/C17H19F6N5O2/c18-16(19,20)12-7-11(8-13(9-12)17(21,22)23)10-24-15-25-27-28(26-15)4-6-30-14-3-1-2-5-29-14/h7-9,14H,1-6,10H2,(H,24,26). The molecule has 1 N–H and O–H groups in total. The molecule has 2 aromatic rings. The summed E-state index contributed by atoms with van der Waals surface area (Å²) in [5.41, 5.74) is -2.98. The molecule has 0 bridgehead atoms. The fourth-order valence-electron chi connectivity index (χ4n) is 2.82. The Balaban J connectivity index is 1.57. The summed E-state index contributed by atoms with van der Waals surface area (Å²) in [6.45, 7) is 0.830. The molecule has 1 atom stereocenters. The number of halogens is 6. The summed E-state index contributed by atoms with van der Waals surface area (Å²) in [6.07, 6.45) is -7.27. The number of hydrogen-bond acceptors (Lipinski definition) is 6. The number of aromatic nitrogens is 4. The number of alkyl halides is 6. The molecule has 0 aliphatic carbocycles. The van der Waals surface area contributed by atoms with Crippen LogP contribution in [0.25, 0.3) is 0 Å². The Hall–Kier alpha value is -2.41. The molecule has 0 spiro atoms. The first-order chi connectivity index (χ1) is 14.1. The fourth-order valence-corrected chi connectivity index (χ4v) is 2.82. The fraction of sp³-hybridized carbons (Fsp3) is 0.588. The number of rotatable bonds is 7. The third-order valence-electron chi connectivity index (χ3n) is 4.28. The zero-order valence-corrected chi connectivity index (χ0v) is 15.6. The number of hydrogen-bond donors (Lipinski definition) is 1. The Morgan fingerprint density at radius 3 is 2.37 bits per heavy atom. The van der Waals surface area contributed by atoms with E-state index in [1.807, 2.05) is 0 Å². The molecule has 1 aliphatic heterocycles. The molecule has 2 heterocycles. The Kier molecular flexibility index (Phi) is 6.81. The van der Waals surface area contributed by atoms with Crippen LogP contribution in [0.2, 0.25) is 0 Å². The van der Waals surface area contributed by atoms with Gasteiger partial charge >= 0.3 is 12.4 Å². The van der Waals surface area contributed by atoms with Crippen molar-refractivity contribution in [1.82, 2.24) is 20.2 Å². The van der Waals surface area contributed by atoms with E-state index < -0.39 is 23.5 Å². The lowest BCUT2D eigenvalue weighted by atomic mass is 10.0. The lowest BCUT2D eigenvalue weighted by Crippen LogP contribution is -2.24. The van der Waals surface area contributed by atoms with Gasteiger partial charge in [0.25, 0.3) is 5.95 Å². The van der Waals surface area contributed by atoms with Crippen LogP contribution in [0.15, 0.2) is 18.2 Å². The molecule has 3 rings (SSSR count). The first-order valence-corrected chi connectivity index (χ1v) is 9.14. The molecule has 1 aromatic carbocycles. The molecule has 1 saturated heterocycles. The maximum atomic E-state index is 12.9. The summed E-state index contributed by atoms with van der Waals surface area (Å²) in [5.74, 6) is -0.0325. The van der Waals surface area contributed by atoms with Crippen molar-refractivity contribution in [3.05, 3.63) is 34.9 Å². The average molecular weight is 439 g/mol. The first-order valence-electron chi connectivity index (χ1n) is 9.14. The van der Waals surface area contributed by atoms with Crippen LogP contribution in [0.4, 0.5) is 32.3 Å². The summed E-state index contributed by atoms with van der Waals surface area (Å²) in [4.78, 5) is 1.21. The Labute approximate surface area is 167 Å². The first kappa shape index (κ1) is 22.3. The minimum atomic E-state index is -4.90. The monoisotopic (exact) mass is 439 g/mol. The third-order valence-corrected chi connectivity index (χ3v) is 4.28. The van der Waals surface area contributed by atoms with E-state index >= 15 is 0 Å². The van der Waals surface area contributed by atoms with Gasteiger partial charge in [0.2, 0.25) is 0 Å². The second-order valence-corrected chi connectivity index (χ2v) is 6.64. The van der Waals surface area contributed by atoms with Gasteiger partial charge in [0.1, 0.15) is 0 Å². The van der Waals surface area contributed by atoms with Crippen molar-refractivity contribution in [3.8, 4) is 0 Å². The highest BCUT2D eigenvalue weighted by molar-refractivity contribution is 5.35. The number of ether oxygens (including phenoxy) is 2. The van der Waals surface area contributed by atoms with Crippen molar-refractivity contribution in [2.45, 2.75) is 51.0 Å². The number of nitrogens with zero attached hydrogens (tertiary/aromatic N) is 4. The quantitative estimate of drug-likeness (QED) is 0.661. The van der Waals surface area contributed by atoms with Gasteiger partial charge in [0.15, 0.2) is 6.29 Å². The average Bonchev–Trinajstić information content (AvgIpc) is 3.13. The van der Waals surface area contributed by atoms with Gasteiger partial charge in [-0.2, -0.15) is 31.1 Å². The van der Waals surface area contributed by atoms with E-state index in [1.165, 1.54) is 4.80 Å². The highest BCUT2D eigenvalue weighted by Crippen LogP contribution is 2.36. The van der Waals surface area contributed by atoms with Crippen LogP contribution in [-0.4, -0.2) is 39.7 Å². The van der Waals surface area contributed by atoms with E-state index in [-0.39, 0.29) is 43.6 Å². The maximum absolute atomic E-state index is 12.9. The SMILES string of the molecule is FC(F)(F)c1cc(CNc2nnn(CCOC3CCCCO3)n2)cc(C(F)(F)F)c1. The minimum absolute atomic E-state index is 0.0325. The van der Waals surface area contributed by atoms with Crippen LogP contribution in [0, 0.1) is 0 Å². The van der Waals surface area contributed by atoms with Crippen molar-refractivity contribution in [3.63, 3.8) is 0 Å². The predicted molar refractivity (Wildman–Crippen MR) is 91.1 cm³/mol. The molecule has 7 nitrogen and oxygen atoms in total. The molecule has 0 saturated carbocycles. The van der Waals surface area contributed by atoms with Crippen molar-refractivity contribution in [2.75, 3.05) is 18.5 Å². The van der Waals surface area contributed by atoms with Crippen LogP contribution in [0.5, 0.6) is 0 Å². The molecular formula is C17H19F6N5O2. The lowest BCUT2D eigenvalue weighted by molar-refractivity contribution is -0.164. The van der Waals surface area contributed by atoms with Gasteiger partial charge in [-0.25, -0.2) is 0 Å². The van der Waals surface area contributed by atoms with Gasteiger partial charge in [0.05, 0.1) is 24.3 Å². The summed E-state index contributed by atoms with van der Waals surface area (Å²) >= 11 is 0. The van der Waals surface area contributed by atoms with Crippen LogP contribution >= 0.6 is 0 Å². The van der Waals surface area contributed by atoms with Gasteiger partial charge < -0.3 is 14.8 Å². The normalized spacial score (nSPS) is 17.9. The topological polar surface area (TPSA) is 74.1 Å². The molecule has 1 aliphatic rings. The largest absolute Gasteiger partial charge is 0.416 e. The predicted octanol–water partition coefficient (Wildman–Crippen LogP) is 3.87. The number of tetrazole rings is 1. The Bertz CT molecular complexity index is 801. The third kappa shape index (κ3) is 6.29. The molecule has 1 fully saturated rings. The lowest BCUT2D eigenvalue weighted by Gasteiger charge is -2.22. The van der Waals surface area contributed by atoms with Gasteiger partial charge in [-0.1, -0.05) is 5.10 Å². The molecule has 0 amide bonds. The van der Waals surface area contributed by atoms with Crippen LogP contribution in [0.3, 0.4) is 0 Å². The Morgan fingerprint density at radius 2 is 1.77 bits per heavy atom. The summed E-state index contributed by atoms with van der Waals surface area (Å²) in [6, 6.07) is 1.36. The zero-order chi connectivity index (χ0) is 21.8. The molecule has 0 radical (unpaired) electrons. The Morgan fingerprint density at radius 1 is 1.07 bits per heavy atom. The smallest absolute Gasteiger partial charge is 0.353 e. The van der Waals surface area contributed by atoms with Gasteiger partial charge in [-0.15, -0.1) is 5.10 Å². The highest BCUT2D eigenvalue weighted by atomic mass is 19.4. The van der Waals surface area contributed by atoms with Crippen molar-refractivity contribution in [2.24, 2.45) is 0 Å². The van der Waals surface area contributed by atoms with E-state index in [2.05, 4.69) is 20.7 Å². The van der Waals surface area contributed by atoms with Crippen molar-refractivity contribution >= 4 is 5.95 Å². The number of benzene rings is 1. The van der Waals surface area contributed by atoms with Gasteiger partial charge in [-0.3, -0.25) is 0 Å². The molecular weight excluding hydrogens is 420 g/mol. The van der Waals surface area contributed by atoms with Crippen LogP contribution in [0.1, 0.15) is 36.0 Å². The van der Waals surface area contributed by atoms with E-state index in [1.54, 1.807) is 0 Å². The van der Waals surface area contributed by atoms with Gasteiger partial charge in [-0.05, 0) is 48.2 Å². The molecule has 30 heavy (non-hydrogen) atoms. The number of anilines is 1. The van der Waals surface area contributed by atoms with Crippen molar-refractivity contribution < 1.29 is 35.8 Å². The summed E-state index contributed by atoms with van der Waals surface area (Å²) in [5, 5.41) is 14.0. The van der Waals surface area contributed by atoms with Crippen LogP contribution in [-0.2, 0) is 34.9 Å². The molecule has 1 unspecified atom stereocenters. The van der Waals surface area contributed by atoms with Crippen molar-refractivity contribution in [1.29, 1.82) is 0 Å². The maximum Gasteiger partial charge on any atom is 0.416 e. The molecule has 13 heteroatoms. The minimum Gasteiger partial charge on any atom is -0.353 e. The van der Waals surface area contributed by atoms with Crippen LogP contribution < -0.4 is 5.32 Å². The van der Waals surface area contributed by atoms with E-state index in [0.29, 0.717) is 18.7 Å². The van der Waals surface area contributed by atoms with Gasteiger partial charge in [0, 0.05) is 13.2 Å². The molecule has 1 aromatic heterocycles. The zero-order valence-electron chi connectivity index (χ0n) is 15.6. The highest BCUT2D eigenvalue weighted by Gasteiger charge is 2.36.